The molecule has 5 atom stereocenters. The van der Waals surface area contributed by atoms with E-state index in [0.717, 1.165) is 6.42 Å². The number of benzene rings is 1. The maximum atomic E-state index is 14.5. The second-order valence-corrected chi connectivity index (χ2v) is 11.1. The van der Waals surface area contributed by atoms with Crippen LogP contribution >= 0.6 is 0 Å². The molecule has 1 amide bonds. The summed E-state index contributed by atoms with van der Waals surface area (Å²) in [5, 5.41) is 2.98. The van der Waals surface area contributed by atoms with Crippen LogP contribution in [0.2, 0.25) is 0 Å². The monoisotopic (exact) mass is 528 g/mol. The molecule has 2 aliphatic carbocycles. The van der Waals surface area contributed by atoms with E-state index in [0.29, 0.717) is 56.6 Å². The Labute approximate surface area is 201 Å². The van der Waals surface area contributed by atoms with Crippen molar-refractivity contribution in [3.8, 4) is 0 Å². The number of hydrogen-bond acceptors (Lipinski definition) is 3. The number of carbonyl (C=O) groups is 1. The number of carbonyl (C=O) groups excluding carboxylic acids is 1. The van der Waals surface area contributed by atoms with Crippen LogP contribution in [-0.4, -0.2) is 53.0 Å². The van der Waals surface area contributed by atoms with Crippen LogP contribution in [0.3, 0.4) is 0 Å². The molecule has 12 heteroatoms. The summed E-state index contributed by atoms with van der Waals surface area (Å²) in [6.07, 6.45) is -8.08. The Morgan fingerprint density at radius 2 is 1.77 bits per heavy atom. The third-order valence-corrected chi connectivity index (χ3v) is 8.86. The summed E-state index contributed by atoms with van der Waals surface area (Å²) >= 11 is -1.05. The molecule has 1 saturated heterocycles. The highest BCUT2D eigenvalue weighted by Crippen LogP contribution is 2.55. The van der Waals surface area contributed by atoms with Crippen LogP contribution in [0.15, 0.2) is 18.2 Å². The summed E-state index contributed by atoms with van der Waals surface area (Å²) in [6, 6.07) is 2.45. The highest BCUT2D eigenvalue weighted by Gasteiger charge is 2.73. The van der Waals surface area contributed by atoms with Gasteiger partial charge in [0.2, 0.25) is 5.91 Å². The number of halogens is 7. The minimum Gasteiger partial charge on any atom is -0.598 e. The molecule has 2 fully saturated rings. The molecular formula is C23H27F7N2O2S. The molecule has 1 heterocycles. The molecule has 1 aromatic carbocycles. The van der Waals surface area contributed by atoms with Crippen LogP contribution in [0.4, 0.5) is 30.7 Å². The minimum absolute atomic E-state index is 0.0723. The Balaban J connectivity index is 1.46. The Hall–Kier alpha value is -1.53. The molecule has 0 radical (unpaired) electrons. The van der Waals surface area contributed by atoms with Crippen molar-refractivity contribution in [1.82, 2.24) is 9.62 Å². The van der Waals surface area contributed by atoms with Crippen molar-refractivity contribution in [3.05, 3.63) is 34.9 Å². The fourth-order valence-electron chi connectivity index (χ4n) is 5.96. The summed E-state index contributed by atoms with van der Waals surface area (Å²) in [5.74, 6) is -0.439. The maximum absolute atomic E-state index is 14.5. The molecule has 1 saturated carbocycles. The number of alkyl halides is 7. The molecule has 1 aromatic rings. The number of fused-ring (bicyclic) bond motifs is 3. The fourth-order valence-corrected chi connectivity index (χ4v) is 6.75. The lowest BCUT2D eigenvalue weighted by Gasteiger charge is -2.34. The third kappa shape index (κ3) is 4.77. The molecule has 196 valence electrons. The molecule has 0 spiro atoms. The van der Waals surface area contributed by atoms with Gasteiger partial charge >= 0.3 is 18.0 Å². The van der Waals surface area contributed by atoms with Gasteiger partial charge in [-0.15, -0.1) is 4.31 Å². The number of hydrogen-bond donors (Lipinski definition) is 1. The van der Waals surface area contributed by atoms with E-state index in [2.05, 4.69) is 5.32 Å². The largest absolute Gasteiger partial charge is 0.598 e. The van der Waals surface area contributed by atoms with E-state index in [-0.39, 0.29) is 41.6 Å². The van der Waals surface area contributed by atoms with E-state index in [9.17, 15) is 40.1 Å². The molecule has 1 N–H and O–H groups in total. The van der Waals surface area contributed by atoms with E-state index in [1.54, 1.807) is 6.26 Å². The highest BCUT2D eigenvalue weighted by atomic mass is 32.2. The van der Waals surface area contributed by atoms with Crippen molar-refractivity contribution >= 4 is 17.3 Å². The van der Waals surface area contributed by atoms with Gasteiger partial charge in [0, 0.05) is 42.5 Å². The summed E-state index contributed by atoms with van der Waals surface area (Å²) in [6.45, 7) is 1.81. The quantitative estimate of drug-likeness (QED) is 0.443. The fraction of sp³-hybridized carbons (Fsp3) is 0.696. The SMILES string of the molecule is C[S+]([O-])N1CCC(CNC(=O)[C@@H]2CCC3c4ccc(C(F)(C(F)(F)F)C(F)(F)F)cc4CCC32)C1. The highest BCUT2D eigenvalue weighted by molar-refractivity contribution is 7.88. The van der Waals surface area contributed by atoms with E-state index in [1.165, 1.54) is 6.07 Å². The van der Waals surface area contributed by atoms with Gasteiger partial charge < -0.3 is 9.87 Å². The van der Waals surface area contributed by atoms with Crippen LogP contribution in [0, 0.1) is 17.8 Å². The van der Waals surface area contributed by atoms with E-state index < -0.39 is 34.9 Å². The smallest absolute Gasteiger partial charge is 0.435 e. The molecule has 0 bridgehead atoms. The van der Waals surface area contributed by atoms with Gasteiger partial charge in [-0.3, -0.25) is 4.79 Å². The predicted molar refractivity (Wildman–Crippen MR) is 115 cm³/mol. The van der Waals surface area contributed by atoms with Gasteiger partial charge in [0.25, 0.3) is 0 Å². The lowest BCUT2D eigenvalue weighted by molar-refractivity contribution is -0.348. The van der Waals surface area contributed by atoms with Crippen LogP contribution in [0.1, 0.15) is 48.3 Å². The van der Waals surface area contributed by atoms with Crippen molar-refractivity contribution in [2.75, 3.05) is 25.9 Å². The van der Waals surface area contributed by atoms with Crippen LogP contribution in [-0.2, 0) is 28.2 Å². The van der Waals surface area contributed by atoms with Crippen molar-refractivity contribution in [3.63, 3.8) is 0 Å². The van der Waals surface area contributed by atoms with Gasteiger partial charge in [-0.2, -0.15) is 26.3 Å². The van der Waals surface area contributed by atoms with Crippen molar-refractivity contribution in [2.45, 2.75) is 56.0 Å². The Morgan fingerprint density at radius 1 is 1.09 bits per heavy atom. The summed E-state index contributed by atoms with van der Waals surface area (Å²) in [7, 11) is 0. The number of aryl methyl sites for hydroxylation is 1. The first-order valence-electron chi connectivity index (χ1n) is 11.6. The zero-order chi connectivity index (χ0) is 25.8. The molecular weight excluding hydrogens is 501 g/mol. The minimum atomic E-state index is -6.14. The van der Waals surface area contributed by atoms with Gasteiger partial charge in [0.05, 0.1) is 0 Å². The molecule has 3 aliphatic rings. The van der Waals surface area contributed by atoms with E-state index in [4.69, 9.17) is 0 Å². The van der Waals surface area contributed by atoms with Crippen molar-refractivity contribution in [1.29, 1.82) is 0 Å². The molecule has 1 aliphatic heterocycles. The number of nitrogens with zero attached hydrogens (tertiary/aromatic N) is 1. The Bertz CT molecular complexity index is 939. The molecule has 4 unspecified atom stereocenters. The lowest BCUT2D eigenvalue weighted by Crippen LogP contribution is -2.50. The normalized spacial score (nSPS) is 28.5. The number of nitrogens with one attached hydrogen (secondary N) is 1. The summed E-state index contributed by atoms with van der Waals surface area (Å²) in [4.78, 5) is 12.9. The summed E-state index contributed by atoms with van der Waals surface area (Å²) in [5.41, 5.74) is -6.02. The molecule has 35 heavy (non-hydrogen) atoms. The van der Waals surface area contributed by atoms with E-state index in [1.807, 2.05) is 4.31 Å². The Kier molecular flexibility index (Phi) is 7.13. The van der Waals surface area contributed by atoms with Crippen LogP contribution < -0.4 is 5.32 Å². The average Bonchev–Trinajstić information content (AvgIpc) is 3.42. The molecule has 4 nitrogen and oxygen atoms in total. The topological polar surface area (TPSA) is 55.4 Å². The standard InChI is InChI=1S/C23H27F7N2O2S/c1-35(34)32-9-8-13(12-32)11-31-20(33)19-7-6-17-16-5-3-15(10-14(16)2-4-18(17)19)21(24,22(25,26)27)23(28,29)30/h3,5,10,13,17-19H,2,4,6-9,11-12H2,1H3,(H,31,33)/t13?,17?,18?,19-,35?/m1/s1. The molecule has 4 rings (SSSR count). The second-order valence-electron chi connectivity index (χ2n) is 9.77. The van der Waals surface area contributed by atoms with Crippen LogP contribution in [0.25, 0.3) is 0 Å². The molecule has 0 aromatic heterocycles. The first-order chi connectivity index (χ1) is 16.2. The second kappa shape index (κ2) is 9.41. The van der Waals surface area contributed by atoms with Crippen molar-refractivity contribution in [2.24, 2.45) is 17.8 Å². The average molecular weight is 529 g/mol. The maximum Gasteiger partial charge on any atom is 0.435 e. The van der Waals surface area contributed by atoms with Gasteiger partial charge in [-0.25, -0.2) is 4.39 Å². The first-order valence-corrected chi connectivity index (χ1v) is 13.1. The van der Waals surface area contributed by atoms with Gasteiger partial charge in [-0.1, -0.05) is 18.2 Å². The summed E-state index contributed by atoms with van der Waals surface area (Å²) < 4.78 is 107. The Morgan fingerprint density at radius 3 is 2.37 bits per heavy atom. The zero-order valence-electron chi connectivity index (χ0n) is 19.0. The number of rotatable bonds is 5. The lowest BCUT2D eigenvalue weighted by atomic mass is 9.73. The van der Waals surface area contributed by atoms with Crippen LogP contribution in [0.5, 0.6) is 0 Å². The van der Waals surface area contributed by atoms with Gasteiger partial charge in [0.15, 0.2) is 0 Å². The predicted octanol–water partition coefficient (Wildman–Crippen LogP) is 4.76. The van der Waals surface area contributed by atoms with Gasteiger partial charge in [0.1, 0.15) is 6.26 Å². The number of amides is 1. The van der Waals surface area contributed by atoms with Gasteiger partial charge in [-0.05, 0) is 61.0 Å². The van der Waals surface area contributed by atoms with Crippen molar-refractivity contribution < 1.29 is 40.1 Å². The zero-order valence-corrected chi connectivity index (χ0v) is 19.8. The first kappa shape index (κ1) is 26.5. The van der Waals surface area contributed by atoms with E-state index >= 15 is 0 Å². The third-order valence-electron chi connectivity index (χ3n) is 7.80.